The predicted molar refractivity (Wildman–Crippen MR) is 73.8 cm³/mol. The van der Waals surface area contributed by atoms with Crippen LogP contribution in [0.3, 0.4) is 0 Å². The van der Waals surface area contributed by atoms with Crippen molar-refractivity contribution in [3.05, 3.63) is 39.9 Å². The summed E-state index contributed by atoms with van der Waals surface area (Å²) in [6, 6.07) is 6.65. The van der Waals surface area contributed by atoms with Crippen LogP contribution in [0.4, 0.5) is 5.69 Å². The van der Waals surface area contributed by atoms with E-state index < -0.39 is 0 Å². The first-order valence-corrected chi connectivity index (χ1v) is 6.19. The molecule has 1 aromatic rings. The summed E-state index contributed by atoms with van der Waals surface area (Å²) in [5.74, 6) is 0.393. The van der Waals surface area contributed by atoms with E-state index in [0.717, 1.165) is 12.8 Å². The Labute approximate surface area is 113 Å². The van der Waals surface area contributed by atoms with E-state index in [0.29, 0.717) is 11.5 Å². The van der Waals surface area contributed by atoms with E-state index in [1.165, 1.54) is 25.3 Å². The van der Waals surface area contributed by atoms with Crippen molar-refractivity contribution >= 4 is 18.1 Å². The highest BCUT2D eigenvalue weighted by molar-refractivity contribution is 5.85. The lowest BCUT2D eigenvalue weighted by molar-refractivity contribution is -0.385. The molecule has 4 nitrogen and oxygen atoms in total. The van der Waals surface area contributed by atoms with E-state index in [1.807, 2.05) is 6.07 Å². The van der Waals surface area contributed by atoms with Crippen LogP contribution in [-0.4, -0.2) is 4.92 Å². The van der Waals surface area contributed by atoms with E-state index in [4.69, 9.17) is 5.73 Å². The molecule has 1 aromatic carbocycles. The van der Waals surface area contributed by atoms with Crippen LogP contribution >= 0.6 is 12.4 Å². The number of nitro groups is 1. The Morgan fingerprint density at radius 3 is 2.44 bits per heavy atom. The number of hydrogen-bond acceptors (Lipinski definition) is 3. The minimum Gasteiger partial charge on any atom is -0.324 e. The van der Waals surface area contributed by atoms with Crippen LogP contribution in [0.5, 0.6) is 0 Å². The van der Waals surface area contributed by atoms with Crippen LogP contribution in [0, 0.1) is 16.0 Å². The van der Waals surface area contributed by atoms with Crippen LogP contribution in [0.15, 0.2) is 24.3 Å². The monoisotopic (exact) mass is 270 g/mol. The molecule has 100 valence electrons. The van der Waals surface area contributed by atoms with Crippen molar-refractivity contribution in [1.82, 2.24) is 0 Å². The van der Waals surface area contributed by atoms with Crippen LogP contribution in [0.1, 0.15) is 43.7 Å². The van der Waals surface area contributed by atoms with Gasteiger partial charge in [0.05, 0.1) is 4.92 Å². The number of para-hydroxylation sites is 1. The number of hydrogen-bond donors (Lipinski definition) is 1. The predicted octanol–water partition coefficient (Wildman–Crippen LogP) is 3.60. The summed E-state index contributed by atoms with van der Waals surface area (Å²) in [6.45, 7) is 0. The summed E-state index contributed by atoms with van der Waals surface area (Å²) in [7, 11) is 0. The highest BCUT2D eigenvalue weighted by atomic mass is 35.5. The molecule has 0 spiro atoms. The van der Waals surface area contributed by atoms with E-state index in [2.05, 4.69) is 0 Å². The zero-order valence-corrected chi connectivity index (χ0v) is 11.1. The Morgan fingerprint density at radius 1 is 1.22 bits per heavy atom. The summed E-state index contributed by atoms with van der Waals surface area (Å²) in [5.41, 5.74) is 7.05. The van der Waals surface area contributed by atoms with Gasteiger partial charge in [0.1, 0.15) is 0 Å². The molecule has 1 fully saturated rings. The lowest BCUT2D eigenvalue weighted by Crippen LogP contribution is -2.24. The summed E-state index contributed by atoms with van der Waals surface area (Å²) in [6.07, 6.45) is 5.83. The molecule has 1 aliphatic rings. The van der Waals surface area contributed by atoms with Crippen molar-refractivity contribution in [3.8, 4) is 0 Å². The SMILES string of the molecule is Cl.N[C@@H](c1ccccc1[N+](=O)[O-])C1CCCCC1. The Hall–Kier alpha value is -1.13. The quantitative estimate of drug-likeness (QED) is 0.674. The molecule has 1 atom stereocenters. The zero-order chi connectivity index (χ0) is 12.3. The third-order valence-electron chi connectivity index (χ3n) is 3.65. The van der Waals surface area contributed by atoms with Crippen molar-refractivity contribution in [2.24, 2.45) is 11.7 Å². The van der Waals surface area contributed by atoms with Gasteiger partial charge in [0.2, 0.25) is 0 Å². The lowest BCUT2D eigenvalue weighted by atomic mass is 9.81. The van der Waals surface area contributed by atoms with Crippen molar-refractivity contribution in [1.29, 1.82) is 0 Å². The fourth-order valence-electron chi connectivity index (χ4n) is 2.68. The van der Waals surface area contributed by atoms with E-state index >= 15 is 0 Å². The summed E-state index contributed by atoms with van der Waals surface area (Å²) in [4.78, 5) is 10.6. The molecule has 0 aromatic heterocycles. The average Bonchev–Trinajstić information content (AvgIpc) is 2.39. The first kappa shape index (κ1) is 14.9. The normalized spacial score (nSPS) is 17.8. The number of nitrogens with two attached hydrogens (primary N) is 1. The first-order chi connectivity index (χ1) is 8.20. The van der Waals surface area contributed by atoms with Gasteiger partial charge in [0, 0.05) is 17.7 Å². The summed E-state index contributed by atoms with van der Waals surface area (Å²) >= 11 is 0. The largest absolute Gasteiger partial charge is 0.324 e. The minimum absolute atomic E-state index is 0. The van der Waals surface area contributed by atoms with Gasteiger partial charge < -0.3 is 5.73 Å². The van der Waals surface area contributed by atoms with Gasteiger partial charge in [0.15, 0.2) is 0 Å². The third kappa shape index (κ3) is 3.21. The van der Waals surface area contributed by atoms with Crippen LogP contribution in [-0.2, 0) is 0 Å². The Balaban J connectivity index is 0.00000162. The van der Waals surface area contributed by atoms with Crippen molar-refractivity contribution < 1.29 is 4.92 Å². The lowest BCUT2D eigenvalue weighted by Gasteiger charge is -2.27. The molecular formula is C13H19ClN2O2. The number of rotatable bonds is 3. The molecule has 18 heavy (non-hydrogen) atoms. The van der Waals surface area contributed by atoms with Crippen molar-refractivity contribution in [3.63, 3.8) is 0 Å². The number of halogens is 1. The van der Waals surface area contributed by atoms with Gasteiger partial charge in [0.25, 0.3) is 5.69 Å². The Kier molecular flexibility index (Phi) is 5.56. The van der Waals surface area contributed by atoms with Crippen molar-refractivity contribution in [2.45, 2.75) is 38.1 Å². The molecule has 0 saturated heterocycles. The summed E-state index contributed by atoms with van der Waals surface area (Å²) < 4.78 is 0. The molecule has 0 aliphatic heterocycles. The molecule has 5 heteroatoms. The second-order valence-electron chi connectivity index (χ2n) is 4.74. The van der Waals surface area contributed by atoms with Gasteiger partial charge in [-0.05, 0) is 18.8 Å². The second kappa shape index (κ2) is 6.71. The maximum atomic E-state index is 11.0. The molecule has 0 amide bonds. The first-order valence-electron chi connectivity index (χ1n) is 6.19. The molecule has 0 unspecified atom stereocenters. The van der Waals surface area contributed by atoms with E-state index in [1.54, 1.807) is 12.1 Å². The number of benzene rings is 1. The van der Waals surface area contributed by atoms with Gasteiger partial charge >= 0.3 is 0 Å². The molecule has 0 heterocycles. The highest BCUT2D eigenvalue weighted by Crippen LogP contribution is 2.35. The van der Waals surface area contributed by atoms with Crippen LogP contribution in [0.25, 0.3) is 0 Å². The van der Waals surface area contributed by atoms with Gasteiger partial charge in [-0.1, -0.05) is 37.5 Å². The zero-order valence-electron chi connectivity index (χ0n) is 10.2. The molecular weight excluding hydrogens is 252 g/mol. The standard InChI is InChI=1S/C13H18N2O2.ClH/c14-13(10-6-2-1-3-7-10)11-8-4-5-9-12(11)15(16)17;/h4-5,8-10,13H,1-3,6-7,14H2;1H/t13-;/m1./s1. The maximum absolute atomic E-state index is 11.0. The number of nitro benzene ring substituents is 1. The van der Waals surface area contributed by atoms with Gasteiger partial charge in [-0.2, -0.15) is 0 Å². The Morgan fingerprint density at radius 2 is 1.83 bits per heavy atom. The van der Waals surface area contributed by atoms with Gasteiger partial charge in [-0.15, -0.1) is 12.4 Å². The van der Waals surface area contributed by atoms with Gasteiger partial charge in [-0.3, -0.25) is 10.1 Å². The smallest absolute Gasteiger partial charge is 0.274 e. The fraction of sp³-hybridized carbons (Fsp3) is 0.538. The molecule has 2 rings (SSSR count). The minimum atomic E-state index is -0.335. The van der Waals surface area contributed by atoms with Crippen LogP contribution < -0.4 is 5.73 Å². The molecule has 2 N–H and O–H groups in total. The molecule has 0 radical (unpaired) electrons. The second-order valence-corrected chi connectivity index (χ2v) is 4.74. The van der Waals surface area contributed by atoms with Gasteiger partial charge in [-0.25, -0.2) is 0 Å². The molecule has 1 aliphatic carbocycles. The highest BCUT2D eigenvalue weighted by Gasteiger charge is 2.26. The molecule has 0 bridgehead atoms. The number of nitrogens with zero attached hydrogens (tertiary/aromatic N) is 1. The molecule has 1 saturated carbocycles. The topological polar surface area (TPSA) is 69.2 Å². The average molecular weight is 271 g/mol. The van der Waals surface area contributed by atoms with E-state index in [-0.39, 0.29) is 29.1 Å². The summed E-state index contributed by atoms with van der Waals surface area (Å²) in [5, 5.41) is 11.0. The Bertz CT molecular complexity index is 406. The van der Waals surface area contributed by atoms with Crippen molar-refractivity contribution in [2.75, 3.05) is 0 Å². The fourth-order valence-corrected chi connectivity index (χ4v) is 2.68. The maximum Gasteiger partial charge on any atom is 0.274 e. The van der Waals surface area contributed by atoms with Crippen LogP contribution in [0.2, 0.25) is 0 Å². The third-order valence-corrected chi connectivity index (χ3v) is 3.65. The van der Waals surface area contributed by atoms with E-state index in [9.17, 15) is 10.1 Å².